The first-order chi connectivity index (χ1) is 18.2. The van der Waals surface area contributed by atoms with Gasteiger partial charge in [-0.3, -0.25) is 9.59 Å². The lowest BCUT2D eigenvalue weighted by Crippen LogP contribution is -2.76. The normalized spacial score (nSPS) is 20.1. The molecule has 0 saturated carbocycles. The predicted molar refractivity (Wildman–Crippen MR) is 142 cm³/mol. The molecule has 4 amide bonds. The van der Waals surface area contributed by atoms with Crippen LogP contribution >= 0.6 is 0 Å². The fraction of sp³-hybridized carbons (Fsp3) is 0.464. The van der Waals surface area contributed by atoms with Crippen LogP contribution in [0.2, 0.25) is 0 Å². The number of piperazine rings is 1. The molecular formula is C28H37N5O5. The molecule has 0 unspecified atom stereocenters. The number of hydrogen-bond acceptors (Lipinski definition) is 6. The Morgan fingerprint density at radius 3 is 2.37 bits per heavy atom. The topological polar surface area (TPSA) is 106 Å². The van der Waals surface area contributed by atoms with Gasteiger partial charge in [0, 0.05) is 26.6 Å². The highest BCUT2D eigenvalue weighted by molar-refractivity contribution is 5.91. The van der Waals surface area contributed by atoms with Gasteiger partial charge in [0.2, 0.25) is 11.8 Å². The third kappa shape index (κ3) is 6.02. The monoisotopic (exact) mass is 523 g/mol. The lowest BCUT2D eigenvalue weighted by atomic mass is 9.98. The lowest BCUT2D eigenvalue weighted by Gasteiger charge is -2.54. The Morgan fingerprint density at radius 1 is 1.08 bits per heavy atom. The highest BCUT2D eigenvalue weighted by Crippen LogP contribution is 2.28. The second-order valence-electron chi connectivity index (χ2n) is 10.3. The number of aromatic hydroxyl groups is 1. The Hall–Kier alpha value is -3.79. The van der Waals surface area contributed by atoms with E-state index in [4.69, 9.17) is 4.74 Å². The molecule has 10 heteroatoms. The van der Waals surface area contributed by atoms with Crippen LogP contribution in [0.5, 0.6) is 11.5 Å². The van der Waals surface area contributed by atoms with Crippen LogP contribution in [0.1, 0.15) is 31.4 Å². The summed E-state index contributed by atoms with van der Waals surface area (Å²) < 4.78 is 5.20. The highest BCUT2D eigenvalue weighted by Gasteiger charge is 2.50. The van der Waals surface area contributed by atoms with Gasteiger partial charge in [0.05, 0.1) is 20.2 Å². The molecule has 2 aromatic rings. The van der Waals surface area contributed by atoms with Gasteiger partial charge in [0.25, 0.3) is 0 Å². The van der Waals surface area contributed by atoms with Gasteiger partial charge in [-0.25, -0.2) is 14.8 Å². The summed E-state index contributed by atoms with van der Waals surface area (Å²) in [6.07, 6.45) is 0.478. The van der Waals surface area contributed by atoms with E-state index in [2.05, 4.69) is 19.2 Å². The van der Waals surface area contributed by atoms with Crippen LogP contribution in [0.4, 0.5) is 4.79 Å². The van der Waals surface area contributed by atoms with Crippen molar-refractivity contribution in [3.63, 3.8) is 0 Å². The van der Waals surface area contributed by atoms with Crippen molar-refractivity contribution < 1.29 is 24.2 Å². The zero-order valence-electron chi connectivity index (χ0n) is 22.5. The zero-order chi connectivity index (χ0) is 27.4. The molecule has 2 aliphatic heterocycles. The number of urea groups is 1. The maximum atomic E-state index is 13.7. The number of hydrogen-bond donors (Lipinski definition) is 2. The number of methoxy groups -OCH3 is 1. The molecule has 4 rings (SSSR count). The summed E-state index contributed by atoms with van der Waals surface area (Å²) in [4.78, 5) is 43.9. The number of phenols is 1. The van der Waals surface area contributed by atoms with Crippen molar-refractivity contribution in [1.82, 2.24) is 25.1 Å². The van der Waals surface area contributed by atoms with Crippen LogP contribution in [0.15, 0.2) is 48.5 Å². The van der Waals surface area contributed by atoms with Crippen LogP contribution in [0.3, 0.4) is 0 Å². The van der Waals surface area contributed by atoms with Gasteiger partial charge in [-0.15, -0.1) is 0 Å². The van der Waals surface area contributed by atoms with Crippen molar-refractivity contribution in [3.8, 4) is 11.5 Å². The van der Waals surface area contributed by atoms with Gasteiger partial charge in [-0.2, -0.15) is 0 Å². The van der Waals surface area contributed by atoms with E-state index in [1.807, 2.05) is 24.3 Å². The Balaban J connectivity index is 1.59. The van der Waals surface area contributed by atoms with Crippen molar-refractivity contribution in [2.75, 3.05) is 33.8 Å². The Kier molecular flexibility index (Phi) is 8.41. The number of rotatable bonds is 8. The molecule has 2 fully saturated rings. The first kappa shape index (κ1) is 27.3. The van der Waals surface area contributed by atoms with Crippen LogP contribution in [0.25, 0.3) is 0 Å². The Morgan fingerprint density at radius 2 is 1.74 bits per heavy atom. The number of nitrogens with one attached hydrogen (secondary N) is 1. The van der Waals surface area contributed by atoms with Gasteiger partial charge >= 0.3 is 6.03 Å². The number of ether oxygens (including phenoxy) is 1. The second kappa shape index (κ2) is 11.7. The van der Waals surface area contributed by atoms with Gasteiger partial charge in [0.1, 0.15) is 23.7 Å². The average Bonchev–Trinajstić information content (AvgIpc) is 2.89. The summed E-state index contributed by atoms with van der Waals surface area (Å²) >= 11 is 0. The van der Waals surface area contributed by atoms with Crippen molar-refractivity contribution in [2.45, 2.75) is 45.4 Å². The maximum Gasteiger partial charge on any atom is 0.334 e. The fourth-order valence-corrected chi connectivity index (χ4v) is 4.98. The number of amides is 4. The zero-order valence-corrected chi connectivity index (χ0v) is 22.5. The van der Waals surface area contributed by atoms with Gasteiger partial charge < -0.3 is 25.0 Å². The molecule has 2 N–H and O–H groups in total. The van der Waals surface area contributed by atoms with E-state index < -0.39 is 12.2 Å². The molecule has 2 aromatic carbocycles. The van der Waals surface area contributed by atoms with E-state index in [-0.39, 0.29) is 36.7 Å². The molecule has 2 heterocycles. The smallest absolute Gasteiger partial charge is 0.334 e. The standard InChI is InChI=1S/C28H37N5O5/c1-19(2)13-14-31-17-25-32(24(27(31)36)15-20-5-9-22(34)10-6-20)26(35)18-30(3)33(25)28(37)29-16-21-7-11-23(38-4)12-8-21/h5-12,19,24-25,34H,13-18H2,1-4H3,(H,29,37)/t24-,25-/m0/s1. The summed E-state index contributed by atoms with van der Waals surface area (Å²) in [5.41, 5.74) is 1.74. The molecule has 0 aromatic heterocycles. The largest absolute Gasteiger partial charge is 0.508 e. The molecule has 2 aliphatic rings. The number of benzene rings is 2. The number of carbonyl (C=O) groups is 3. The maximum absolute atomic E-state index is 13.7. The van der Waals surface area contributed by atoms with Crippen LogP contribution in [-0.4, -0.2) is 88.8 Å². The van der Waals surface area contributed by atoms with Gasteiger partial charge in [0.15, 0.2) is 0 Å². The summed E-state index contributed by atoms with van der Waals surface area (Å²) in [5.74, 6) is 0.952. The van der Waals surface area contributed by atoms with E-state index in [1.165, 1.54) is 0 Å². The molecule has 2 atom stereocenters. The quantitative estimate of drug-likeness (QED) is 0.551. The number of likely N-dealkylation sites (N-methyl/N-ethyl adjacent to an activating group) is 1. The summed E-state index contributed by atoms with van der Waals surface area (Å²) in [6.45, 7) is 5.28. The van der Waals surface area contributed by atoms with E-state index in [0.29, 0.717) is 25.4 Å². The minimum absolute atomic E-state index is 0.0161. The number of phenolic OH excluding ortho intramolecular Hbond substituents is 1. The molecule has 38 heavy (non-hydrogen) atoms. The lowest BCUT2D eigenvalue weighted by molar-refractivity contribution is -0.187. The molecule has 10 nitrogen and oxygen atoms in total. The Labute approximate surface area is 223 Å². The third-order valence-electron chi connectivity index (χ3n) is 7.09. The first-order valence-corrected chi connectivity index (χ1v) is 13.0. The molecule has 0 bridgehead atoms. The third-order valence-corrected chi connectivity index (χ3v) is 7.09. The van der Waals surface area contributed by atoms with E-state index in [0.717, 1.165) is 23.3 Å². The van der Waals surface area contributed by atoms with Crippen molar-refractivity contribution in [2.24, 2.45) is 5.92 Å². The van der Waals surface area contributed by atoms with E-state index in [9.17, 15) is 19.5 Å². The predicted octanol–water partition coefficient (Wildman–Crippen LogP) is 2.43. The summed E-state index contributed by atoms with van der Waals surface area (Å²) in [6, 6.07) is 13.0. The first-order valence-electron chi connectivity index (χ1n) is 13.0. The van der Waals surface area contributed by atoms with Crippen molar-refractivity contribution >= 4 is 17.8 Å². The number of fused-ring (bicyclic) bond motifs is 1. The summed E-state index contributed by atoms with van der Waals surface area (Å²) in [5, 5.41) is 15.8. The van der Waals surface area contributed by atoms with Crippen LogP contribution in [-0.2, 0) is 22.6 Å². The average molecular weight is 524 g/mol. The second-order valence-corrected chi connectivity index (χ2v) is 10.3. The minimum Gasteiger partial charge on any atom is -0.508 e. The SMILES string of the molecule is COc1ccc(CNC(=O)N2[C@H]3CN(CCC(C)C)C(=O)[C@H](Cc4ccc(O)cc4)N3C(=O)CN2C)cc1. The van der Waals surface area contributed by atoms with Crippen LogP contribution < -0.4 is 10.1 Å². The van der Waals surface area contributed by atoms with E-state index >= 15 is 0 Å². The van der Waals surface area contributed by atoms with Gasteiger partial charge in [-0.05, 0) is 47.7 Å². The number of nitrogens with zero attached hydrogens (tertiary/aromatic N) is 4. The number of carbonyl (C=O) groups excluding carboxylic acids is 3. The molecular weight excluding hydrogens is 486 g/mol. The molecule has 0 radical (unpaired) electrons. The van der Waals surface area contributed by atoms with E-state index in [1.54, 1.807) is 58.2 Å². The van der Waals surface area contributed by atoms with Gasteiger partial charge in [-0.1, -0.05) is 38.1 Å². The highest BCUT2D eigenvalue weighted by atomic mass is 16.5. The fourth-order valence-electron chi connectivity index (χ4n) is 4.98. The molecule has 204 valence electrons. The number of hydrazine groups is 1. The molecule has 0 aliphatic carbocycles. The Bertz CT molecular complexity index is 1140. The minimum atomic E-state index is -0.747. The summed E-state index contributed by atoms with van der Waals surface area (Å²) in [7, 11) is 3.32. The molecule has 0 spiro atoms. The molecule has 2 saturated heterocycles. The van der Waals surface area contributed by atoms with Crippen molar-refractivity contribution in [3.05, 3.63) is 59.7 Å². The van der Waals surface area contributed by atoms with Crippen LogP contribution in [0, 0.1) is 5.92 Å². The van der Waals surface area contributed by atoms with Crippen molar-refractivity contribution in [1.29, 1.82) is 0 Å².